The zero-order valence-electron chi connectivity index (χ0n) is 13.8. The van der Waals surface area contributed by atoms with Crippen molar-refractivity contribution in [2.24, 2.45) is 0 Å². The SMILES string of the molecule is COc1cc(OC)c2c(c1)[nH]c1c(OC)c(OC)c(OC)cc12. The number of fused-ring (bicyclic) bond motifs is 3. The maximum absolute atomic E-state index is 5.54. The van der Waals surface area contributed by atoms with Gasteiger partial charge in [-0.15, -0.1) is 0 Å². The minimum absolute atomic E-state index is 0.542. The van der Waals surface area contributed by atoms with Gasteiger partial charge in [-0.1, -0.05) is 0 Å². The van der Waals surface area contributed by atoms with E-state index in [4.69, 9.17) is 23.7 Å². The highest BCUT2D eigenvalue weighted by Crippen LogP contribution is 2.47. The summed E-state index contributed by atoms with van der Waals surface area (Å²) >= 11 is 0. The Morgan fingerprint density at radius 1 is 0.696 bits per heavy atom. The quantitative estimate of drug-likeness (QED) is 0.782. The molecule has 122 valence electrons. The standard InChI is InChI=1S/C17H19NO5/c1-19-9-6-11-14(12(7-9)20-2)10-8-13(21-3)16(22-4)17(23-5)15(10)18-11/h6-8,18H,1-5H3. The second-order valence-corrected chi connectivity index (χ2v) is 4.95. The zero-order valence-corrected chi connectivity index (χ0v) is 13.8. The Kier molecular flexibility index (Phi) is 3.82. The first-order chi connectivity index (χ1) is 11.2. The predicted octanol–water partition coefficient (Wildman–Crippen LogP) is 3.36. The van der Waals surface area contributed by atoms with Crippen LogP contribution in [0.25, 0.3) is 21.8 Å². The van der Waals surface area contributed by atoms with E-state index < -0.39 is 0 Å². The molecule has 6 nitrogen and oxygen atoms in total. The van der Waals surface area contributed by atoms with Gasteiger partial charge in [-0.2, -0.15) is 0 Å². The van der Waals surface area contributed by atoms with Gasteiger partial charge in [0.1, 0.15) is 11.5 Å². The maximum Gasteiger partial charge on any atom is 0.205 e. The topological polar surface area (TPSA) is 61.9 Å². The highest BCUT2D eigenvalue weighted by molar-refractivity contribution is 6.14. The van der Waals surface area contributed by atoms with Gasteiger partial charge >= 0.3 is 0 Å². The van der Waals surface area contributed by atoms with Crippen molar-refractivity contribution < 1.29 is 23.7 Å². The van der Waals surface area contributed by atoms with Gasteiger partial charge in [0, 0.05) is 22.9 Å². The molecule has 0 fully saturated rings. The molecule has 0 bridgehead atoms. The monoisotopic (exact) mass is 317 g/mol. The van der Waals surface area contributed by atoms with Gasteiger partial charge in [0.2, 0.25) is 5.75 Å². The Morgan fingerprint density at radius 2 is 1.39 bits per heavy atom. The lowest BCUT2D eigenvalue weighted by molar-refractivity contribution is 0.327. The number of aromatic nitrogens is 1. The van der Waals surface area contributed by atoms with Gasteiger partial charge in [-0.3, -0.25) is 0 Å². The summed E-state index contributed by atoms with van der Waals surface area (Å²) in [4.78, 5) is 3.35. The summed E-state index contributed by atoms with van der Waals surface area (Å²) in [5, 5.41) is 1.86. The van der Waals surface area contributed by atoms with Crippen LogP contribution in [0.2, 0.25) is 0 Å². The molecule has 6 heteroatoms. The smallest absolute Gasteiger partial charge is 0.205 e. The van der Waals surface area contributed by atoms with Gasteiger partial charge in [0.05, 0.1) is 46.6 Å². The first kappa shape index (κ1) is 15.1. The highest BCUT2D eigenvalue weighted by Gasteiger charge is 2.21. The van der Waals surface area contributed by atoms with Gasteiger partial charge in [0.15, 0.2) is 11.5 Å². The summed E-state index contributed by atoms with van der Waals surface area (Å²) in [7, 11) is 8.03. The number of rotatable bonds is 5. The first-order valence-electron chi connectivity index (χ1n) is 7.04. The van der Waals surface area contributed by atoms with E-state index in [-0.39, 0.29) is 0 Å². The molecule has 0 amide bonds. The molecule has 0 aliphatic heterocycles. The van der Waals surface area contributed by atoms with Crippen molar-refractivity contribution in [3.8, 4) is 28.7 Å². The van der Waals surface area contributed by atoms with E-state index >= 15 is 0 Å². The molecule has 23 heavy (non-hydrogen) atoms. The maximum atomic E-state index is 5.54. The Labute approximate surface area is 133 Å². The minimum atomic E-state index is 0.542. The number of nitrogens with one attached hydrogen (secondary N) is 1. The van der Waals surface area contributed by atoms with Crippen LogP contribution in [0.15, 0.2) is 18.2 Å². The number of benzene rings is 2. The van der Waals surface area contributed by atoms with Gasteiger partial charge < -0.3 is 28.7 Å². The predicted molar refractivity (Wildman–Crippen MR) is 88.6 cm³/mol. The lowest BCUT2D eigenvalue weighted by Gasteiger charge is -2.13. The molecule has 2 aromatic carbocycles. The average Bonchev–Trinajstić information content (AvgIpc) is 2.96. The largest absolute Gasteiger partial charge is 0.497 e. The van der Waals surface area contributed by atoms with Crippen molar-refractivity contribution in [1.82, 2.24) is 4.98 Å². The fourth-order valence-corrected chi connectivity index (χ4v) is 2.86. The molecule has 0 aliphatic rings. The van der Waals surface area contributed by atoms with Crippen LogP contribution in [0.5, 0.6) is 28.7 Å². The van der Waals surface area contributed by atoms with E-state index in [2.05, 4.69) is 4.98 Å². The summed E-state index contributed by atoms with van der Waals surface area (Å²) in [5.74, 6) is 3.13. The van der Waals surface area contributed by atoms with Gasteiger partial charge in [-0.05, 0) is 6.07 Å². The number of hydrogen-bond donors (Lipinski definition) is 1. The van der Waals surface area contributed by atoms with E-state index in [1.807, 2.05) is 18.2 Å². The van der Waals surface area contributed by atoms with Crippen molar-refractivity contribution in [2.45, 2.75) is 0 Å². The van der Waals surface area contributed by atoms with Crippen LogP contribution in [0.4, 0.5) is 0 Å². The molecule has 1 aromatic heterocycles. The number of ether oxygens (including phenoxy) is 5. The van der Waals surface area contributed by atoms with E-state index in [0.717, 1.165) is 21.8 Å². The first-order valence-corrected chi connectivity index (χ1v) is 7.04. The van der Waals surface area contributed by atoms with Crippen molar-refractivity contribution in [1.29, 1.82) is 0 Å². The lowest BCUT2D eigenvalue weighted by atomic mass is 10.1. The van der Waals surface area contributed by atoms with E-state index in [0.29, 0.717) is 28.7 Å². The summed E-state index contributed by atoms with van der Waals surface area (Å²) in [6.07, 6.45) is 0. The van der Waals surface area contributed by atoms with Gasteiger partial charge in [0.25, 0.3) is 0 Å². The fourth-order valence-electron chi connectivity index (χ4n) is 2.86. The van der Waals surface area contributed by atoms with Crippen LogP contribution in [0, 0.1) is 0 Å². The minimum Gasteiger partial charge on any atom is -0.497 e. The molecular formula is C17H19NO5. The molecule has 0 unspecified atom stereocenters. The molecule has 0 saturated carbocycles. The second-order valence-electron chi connectivity index (χ2n) is 4.95. The van der Waals surface area contributed by atoms with Crippen LogP contribution in [0.3, 0.4) is 0 Å². The normalized spacial score (nSPS) is 10.8. The number of hydrogen-bond acceptors (Lipinski definition) is 5. The number of aromatic amines is 1. The van der Waals surface area contributed by atoms with Crippen LogP contribution in [-0.4, -0.2) is 40.5 Å². The summed E-state index contributed by atoms with van der Waals surface area (Å²) in [6, 6.07) is 5.67. The Balaban J connectivity index is 2.49. The van der Waals surface area contributed by atoms with Gasteiger partial charge in [-0.25, -0.2) is 0 Å². The fraction of sp³-hybridized carbons (Fsp3) is 0.294. The summed E-state index contributed by atoms with van der Waals surface area (Å²) < 4.78 is 27.3. The molecule has 0 spiro atoms. The molecule has 1 heterocycles. The third-order valence-corrected chi connectivity index (χ3v) is 3.89. The Hall–Kier alpha value is -2.76. The molecule has 3 aromatic rings. The van der Waals surface area contributed by atoms with Crippen LogP contribution in [-0.2, 0) is 0 Å². The lowest BCUT2D eigenvalue weighted by Crippen LogP contribution is -1.95. The number of methoxy groups -OCH3 is 5. The highest BCUT2D eigenvalue weighted by atomic mass is 16.5. The molecule has 0 aliphatic carbocycles. The summed E-state index contributed by atoms with van der Waals surface area (Å²) in [5.41, 5.74) is 1.69. The van der Waals surface area contributed by atoms with Crippen molar-refractivity contribution in [2.75, 3.05) is 35.5 Å². The van der Waals surface area contributed by atoms with E-state index in [9.17, 15) is 0 Å². The second kappa shape index (κ2) is 5.79. The third-order valence-electron chi connectivity index (χ3n) is 3.89. The van der Waals surface area contributed by atoms with Crippen LogP contribution < -0.4 is 23.7 Å². The molecule has 0 radical (unpaired) electrons. The molecule has 3 rings (SSSR count). The van der Waals surface area contributed by atoms with Crippen LogP contribution >= 0.6 is 0 Å². The average molecular weight is 317 g/mol. The Morgan fingerprint density at radius 3 is 1.96 bits per heavy atom. The molecule has 0 saturated heterocycles. The molecule has 1 N–H and O–H groups in total. The molecule has 0 atom stereocenters. The van der Waals surface area contributed by atoms with Crippen molar-refractivity contribution >= 4 is 21.8 Å². The van der Waals surface area contributed by atoms with E-state index in [1.54, 1.807) is 35.5 Å². The molecular weight excluding hydrogens is 298 g/mol. The van der Waals surface area contributed by atoms with Crippen molar-refractivity contribution in [3.63, 3.8) is 0 Å². The Bertz CT molecular complexity index is 869. The summed E-state index contributed by atoms with van der Waals surface area (Å²) in [6.45, 7) is 0. The zero-order chi connectivity index (χ0) is 16.6. The van der Waals surface area contributed by atoms with E-state index in [1.165, 1.54) is 0 Å². The number of H-pyrrole nitrogens is 1. The van der Waals surface area contributed by atoms with Crippen molar-refractivity contribution in [3.05, 3.63) is 18.2 Å². The van der Waals surface area contributed by atoms with Crippen LogP contribution in [0.1, 0.15) is 0 Å². The third kappa shape index (κ3) is 2.18.